The average molecular weight is 209 g/mol. The fourth-order valence-electron chi connectivity index (χ4n) is 1.56. The summed E-state index contributed by atoms with van der Waals surface area (Å²) >= 11 is 0. The molecule has 0 amide bonds. The van der Waals surface area contributed by atoms with E-state index in [1.165, 1.54) is 5.56 Å². The highest BCUT2D eigenvalue weighted by Gasteiger charge is 2.12. The smallest absolute Gasteiger partial charge is 0.310 e. The molecule has 2 heteroatoms. The van der Waals surface area contributed by atoms with Crippen molar-refractivity contribution >= 4 is 5.97 Å². The lowest BCUT2D eigenvalue weighted by Gasteiger charge is -2.09. The van der Waals surface area contributed by atoms with Crippen molar-refractivity contribution in [1.82, 2.24) is 0 Å². The van der Waals surface area contributed by atoms with Crippen LogP contribution in [-0.2, 0) is 11.2 Å². The molecule has 0 saturated carbocycles. The van der Waals surface area contributed by atoms with Crippen LogP contribution in [-0.4, -0.2) is 11.1 Å². The fraction of sp³-hybridized carbons (Fsp3) is 0.462. The third kappa shape index (κ3) is 3.39. The molecule has 1 unspecified atom stereocenters. The first-order valence-corrected chi connectivity index (χ1v) is 5.32. The maximum Gasteiger partial charge on any atom is 0.310 e. The Morgan fingerprint density at radius 3 is 2.13 bits per heavy atom. The number of hydrogen-bond donors (Lipinski definition) is 1. The van der Waals surface area contributed by atoms with Gasteiger partial charge in [-0.2, -0.15) is 0 Å². The van der Waals surface area contributed by atoms with Crippen molar-refractivity contribution in [3.63, 3.8) is 0 Å². The molecule has 0 aliphatic heterocycles. The minimum Gasteiger partial charge on any atom is -0.481 e. The number of rotatable bonds is 4. The zero-order chi connectivity index (χ0) is 11.4. The Morgan fingerprint density at radius 1 is 1.20 bits per heavy atom. The van der Waals surface area contributed by atoms with Crippen molar-refractivity contribution in [1.29, 1.82) is 0 Å². The molecule has 0 spiro atoms. The summed E-state index contributed by atoms with van der Waals surface area (Å²) in [6.45, 7) is 6.06. The van der Waals surface area contributed by atoms with Crippen molar-refractivity contribution in [3.05, 3.63) is 35.4 Å². The molecule has 0 aliphatic carbocycles. The Morgan fingerprint density at radius 2 is 1.73 bits per heavy atom. The van der Waals surface area contributed by atoms with Gasteiger partial charge in [0.25, 0.3) is 0 Å². The molecule has 82 valence electrons. The lowest BCUT2D eigenvalue weighted by atomic mass is 10.00. The van der Waals surface area contributed by atoms with Crippen molar-refractivity contribution in [3.8, 4) is 0 Å². The molecule has 15 heavy (non-hydrogen) atoms. The van der Waals surface area contributed by atoms with Gasteiger partial charge in [0.15, 0.2) is 0 Å². The predicted octanol–water partition coefficient (Wildman–Crippen LogP) is 3.07. The normalized spacial score (nSPS) is 12.8. The van der Waals surface area contributed by atoms with Gasteiger partial charge in [-0.15, -0.1) is 0 Å². The molecule has 0 bridgehead atoms. The van der Waals surface area contributed by atoms with Gasteiger partial charge in [0.1, 0.15) is 0 Å². The van der Waals surface area contributed by atoms with Crippen molar-refractivity contribution in [2.24, 2.45) is 5.92 Å². The van der Waals surface area contributed by atoms with Crippen LogP contribution in [0.1, 0.15) is 37.8 Å². The fourth-order valence-corrected chi connectivity index (χ4v) is 1.56. The highest BCUT2D eigenvalue weighted by Crippen LogP contribution is 2.17. The quantitative estimate of drug-likeness (QED) is 0.774. The molecule has 2 nitrogen and oxygen atoms in total. The largest absolute Gasteiger partial charge is 0.481 e. The molecular weight excluding hydrogens is 191 g/mol. The predicted molar refractivity (Wildman–Crippen MR) is 61.0 cm³/mol. The summed E-state index contributed by atoms with van der Waals surface area (Å²) in [7, 11) is 0. The van der Waals surface area contributed by atoms with Crippen LogP contribution < -0.4 is 0 Å². The minimum absolute atomic E-state index is 0.418. The van der Waals surface area contributed by atoms with E-state index in [1.54, 1.807) is 6.92 Å². The average Bonchev–Trinajstić information content (AvgIpc) is 2.17. The first kappa shape index (κ1) is 11.8. The second-order valence-corrected chi connectivity index (χ2v) is 4.40. The van der Waals surface area contributed by atoms with Crippen LogP contribution in [0.5, 0.6) is 0 Å². The first-order valence-electron chi connectivity index (χ1n) is 5.32. The molecule has 0 radical (unpaired) electrons. The minimum atomic E-state index is -0.772. The van der Waals surface area contributed by atoms with Crippen LogP contribution in [0.2, 0.25) is 0 Å². The molecule has 0 saturated heterocycles. The number of benzene rings is 1. The summed E-state index contributed by atoms with van der Waals surface area (Å²) in [5, 5.41) is 8.85. The summed E-state index contributed by atoms with van der Waals surface area (Å²) in [4.78, 5) is 10.8. The van der Waals surface area contributed by atoms with Gasteiger partial charge in [-0.05, 0) is 30.4 Å². The van der Waals surface area contributed by atoms with E-state index in [-0.39, 0.29) is 0 Å². The Hall–Kier alpha value is -1.31. The van der Waals surface area contributed by atoms with E-state index in [1.807, 2.05) is 24.3 Å². The van der Waals surface area contributed by atoms with E-state index in [2.05, 4.69) is 13.8 Å². The van der Waals surface area contributed by atoms with Crippen LogP contribution in [0.4, 0.5) is 0 Å². The Labute approximate surface area is 90.9 Å². The first-order chi connectivity index (χ1) is 7.00. The summed E-state index contributed by atoms with van der Waals surface area (Å²) in [5.41, 5.74) is 2.14. The number of aliphatic carboxylic acids is 1. The van der Waals surface area contributed by atoms with Crippen molar-refractivity contribution in [2.75, 3.05) is 0 Å². The summed E-state index contributed by atoms with van der Waals surface area (Å²) < 4.78 is 0. The van der Waals surface area contributed by atoms with Gasteiger partial charge < -0.3 is 5.11 Å². The maximum atomic E-state index is 10.8. The molecule has 1 rings (SSSR count). The highest BCUT2D eigenvalue weighted by molar-refractivity contribution is 5.75. The summed E-state index contributed by atoms with van der Waals surface area (Å²) in [6.07, 6.45) is 1.04. The lowest BCUT2D eigenvalue weighted by molar-refractivity contribution is -0.138. The lowest BCUT2D eigenvalue weighted by Crippen LogP contribution is -2.07. The second kappa shape index (κ2) is 4.96. The van der Waals surface area contributed by atoms with Crippen LogP contribution in [0.3, 0.4) is 0 Å². The highest BCUT2D eigenvalue weighted by atomic mass is 16.4. The number of carboxylic acid groups (broad SMARTS) is 1. The van der Waals surface area contributed by atoms with E-state index in [0.29, 0.717) is 5.92 Å². The van der Waals surface area contributed by atoms with Gasteiger partial charge in [-0.25, -0.2) is 0 Å². The van der Waals surface area contributed by atoms with Crippen LogP contribution in [0.15, 0.2) is 24.3 Å². The summed E-state index contributed by atoms with van der Waals surface area (Å²) in [5.74, 6) is -0.558. The van der Waals surface area contributed by atoms with Crippen LogP contribution in [0.25, 0.3) is 0 Å². The van der Waals surface area contributed by atoms with Crippen LogP contribution in [0, 0.1) is 5.92 Å². The molecule has 0 aromatic heterocycles. The van der Waals surface area contributed by atoms with Gasteiger partial charge in [-0.3, -0.25) is 4.79 Å². The zero-order valence-corrected chi connectivity index (χ0v) is 9.53. The maximum absolute atomic E-state index is 10.8. The van der Waals surface area contributed by atoms with Crippen molar-refractivity contribution < 1.29 is 9.90 Å². The number of carboxylic acids is 1. The molecule has 1 aromatic carbocycles. The Bertz CT molecular complexity index is 325. The molecule has 0 aliphatic rings. The van der Waals surface area contributed by atoms with E-state index < -0.39 is 11.9 Å². The van der Waals surface area contributed by atoms with E-state index in [9.17, 15) is 4.79 Å². The summed E-state index contributed by atoms with van der Waals surface area (Å²) in [6, 6.07) is 7.87. The topological polar surface area (TPSA) is 37.3 Å². The van der Waals surface area contributed by atoms with Gasteiger partial charge in [0.2, 0.25) is 0 Å². The number of carbonyl (C=O) groups is 1. The molecule has 0 fully saturated rings. The van der Waals surface area contributed by atoms with Gasteiger partial charge in [0, 0.05) is 0 Å². The van der Waals surface area contributed by atoms with Gasteiger partial charge >= 0.3 is 5.97 Å². The number of hydrogen-bond acceptors (Lipinski definition) is 1. The van der Waals surface area contributed by atoms with E-state index in [4.69, 9.17) is 5.11 Å². The third-order valence-corrected chi connectivity index (χ3v) is 2.49. The SMILES string of the molecule is CC(C(=O)O)c1ccc(C[13CH]([13CH3])[13CH3])cc1. The molecule has 1 atom stereocenters. The van der Waals surface area contributed by atoms with Gasteiger partial charge in [0.05, 0.1) is 5.92 Å². The third-order valence-electron chi connectivity index (χ3n) is 2.49. The standard InChI is InChI=1S/C13H18O2/c1-9(2)8-11-4-6-12(7-5-11)10(3)13(14)15/h4-7,9-10H,8H2,1-3H3,(H,14,15)/i1+1,2+1,9+1. The second-order valence-electron chi connectivity index (χ2n) is 4.40. The van der Waals surface area contributed by atoms with Gasteiger partial charge in [-0.1, -0.05) is 38.1 Å². The molecule has 1 N–H and O–H groups in total. The van der Waals surface area contributed by atoms with Crippen molar-refractivity contribution in [2.45, 2.75) is 33.1 Å². The zero-order valence-electron chi connectivity index (χ0n) is 9.53. The van der Waals surface area contributed by atoms with E-state index >= 15 is 0 Å². The Balaban J connectivity index is 2.76. The van der Waals surface area contributed by atoms with E-state index in [0.717, 1.165) is 12.0 Å². The molecule has 0 heterocycles. The van der Waals surface area contributed by atoms with Crippen LogP contribution >= 0.6 is 0 Å². The molecule has 1 aromatic rings. The molecular formula is C13H18O2. The monoisotopic (exact) mass is 209 g/mol. The Kier molecular flexibility index (Phi) is 3.89.